The van der Waals surface area contributed by atoms with Gasteiger partial charge in [0.1, 0.15) is 0 Å². The summed E-state index contributed by atoms with van der Waals surface area (Å²) >= 11 is 0. The molecule has 0 heterocycles. The fourth-order valence-electron chi connectivity index (χ4n) is 0.838. The van der Waals surface area contributed by atoms with Gasteiger partial charge in [-0.3, -0.25) is 0 Å². The molecule has 1 unspecified atom stereocenters. The number of hydrogen-bond acceptors (Lipinski definition) is 3. The predicted molar refractivity (Wildman–Crippen MR) is 59.6 cm³/mol. The highest BCUT2D eigenvalue weighted by molar-refractivity contribution is 5.67. The molecule has 0 rings (SSSR count). The van der Waals surface area contributed by atoms with Gasteiger partial charge in [0.2, 0.25) is 0 Å². The first-order valence-electron chi connectivity index (χ1n) is 5.46. The fraction of sp³-hybridized carbons (Fsp3) is 0.900. The van der Waals surface area contributed by atoms with E-state index in [0.29, 0.717) is 0 Å². The highest BCUT2D eigenvalue weighted by atomic mass is 19.4. The molecule has 0 bridgehead atoms. The summed E-state index contributed by atoms with van der Waals surface area (Å²) in [7, 11) is 0. The highest BCUT2D eigenvalue weighted by Gasteiger charge is 2.30. The van der Waals surface area contributed by atoms with Gasteiger partial charge in [0.05, 0.1) is 0 Å². The Hall–Kier alpha value is -0.980. The SMILES string of the molecule is CC.CC(C)C(CN)NC(=O)OCC(F)(F)F. The molecule has 104 valence electrons. The minimum Gasteiger partial charge on any atom is -0.440 e. The lowest BCUT2D eigenvalue weighted by Crippen LogP contribution is -2.44. The van der Waals surface area contributed by atoms with E-state index in [0.717, 1.165) is 0 Å². The Labute approximate surface area is 99.7 Å². The minimum absolute atomic E-state index is 0.0356. The average Bonchev–Trinajstić information content (AvgIpc) is 2.24. The van der Waals surface area contributed by atoms with Crippen LogP contribution in [0.15, 0.2) is 0 Å². The number of carbonyl (C=O) groups is 1. The van der Waals surface area contributed by atoms with Crippen molar-refractivity contribution in [1.82, 2.24) is 5.32 Å². The van der Waals surface area contributed by atoms with Crippen LogP contribution >= 0.6 is 0 Å². The molecular formula is C10H21F3N2O2. The van der Waals surface area contributed by atoms with E-state index >= 15 is 0 Å². The second kappa shape index (κ2) is 9.09. The second-order valence-corrected chi connectivity index (χ2v) is 3.42. The largest absolute Gasteiger partial charge is 0.440 e. The van der Waals surface area contributed by atoms with Crippen molar-refractivity contribution < 1.29 is 22.7 Å². The van der Waals surface area contributed by atoms with Crippen LogP contribution in [0.1, 0.15) is 27.7 Å². The molecule has 0 aromatic heterocycles. The van der Waals surface area contributed by atoms with Crippen molar-refractivity contribution in [2.24, 2.45) is 11.7 Å². The Balaban J connectivity index is 0. The molecule has 0 fully saturated rings. The maximum atomic E-state index is 11.7. The summed E-state index contributed by atoms with van der Waals surface area (Å²) in [5, 5.41) is 2.25. The molecule has 17 heavy (non-hydrogen) atoms. The van der Waals surface area contributed by atoms with E-state index in [4.69, 9.17) is 5.73 Å². The van der Waals surface area contributed by atoms with Crippen molar-refractivity contribution in [3.63, 3.8) is 0 Å². The van der Waals surface area contributed by atoms with Crippen LogP contribution in [0.2, 0.25) is 0 Å². The summed E-state index contributed by atoms with van der Waals surface area (Å²) < 4.78 is 39.0. The normalized spacial score (nSPS) is 12.5. The standard InChI is InChI=1S/C8H15F3N2O2.C2H6/c1-5(2)6(3-12)13-7(14)15-4-8(9,10)11;1-2/h5-6H,3-4,12H2,1-2H3,(H,13,14);1-2H3. The molecule has 3 N–H and O–H groups in total. The Kier molecular flexibility index (Phi) is 9.83. The summed E-state index contributed by atoms with van der Waals surface area (Å²) in [6.45, 7) is 6.15. The molecule has 1 atom stereocenters. The van der Waals surface area contributed by atoms with Gasteiger partial charge in [-0.15, -0.1) is 0 Å². The second-order valence-electron chi connectivity index (χ2n) is 3.42. The lowest BCUT2D eigenvalue weighted by molar-refractivity contribution is -0.160. The molecule has 0 aromatic carbocycles. The van der Waals surface area contributed by atoms with E-state index in [9.17, 15) is 18.0 Å². The number of hydrogen-bond donors (Lipinski definition) is 2. The molecule has 1 amide bonds. The number of halogens is 3. The number of alkyl halides is 3. The Morgan fingerprint density at radius 3 is 2.12 bits per heavy atom. The Bertz CT molecular complexity index is 208. The molecule has 7 heteroatoms. The third-order valence-electron chi connectivity index (χ3n) is 1.73. The van der Waals surface area contributed by atoms with Crippen LogP contribution in [0.4, 0.5) is 18.0 Å². The van der Waals surface area contributed by atoms with Gasteiger partial charge in [0.25, 0.3) is 0 Å². The Morgan fingerprint density at radius 2 is 1.82 bits per heavy atom. The van der Waals surface area contributed by atoms with Gasteiger partial charge in [-0.1, -0.05) is 27.7 Å². The molecule has 0 aliphatic rings. The van der Waals surface area contributed by atoms with Gasteiger partial charge in [-0.05, 0) is 5.92 Å². The van der Waals surface area contributed by atoms with Gasteiger partial charge in [-0.2, -0.15) is 13.2 Å². The number of carbonyl (C=O) groups excluding carboxylic acids is 1. The zero-order valence-corrected chi connectivity index (χ0v) is 10.6. The molecule has 0 aromatic rings. The quantitative estimate of drug-likeness (QED) is 0.813. The van der Waals surface area contributed by atoms with Crippen LogP contribution in [-0.2, 0) is 4.74 Å². The van der Waals surface area contributed by atoms with Gasteiger partial charge in [0, 0.05) is 12.6 Å². The minimum atomic E-state index is -4.51. The molecule has 0 spiro atoms. The third-order valence-corrected chi connectivity index (χ3v) is 1.73. The first kappa shape index (κ1) is 18.4. The highest BCUT2D eigenvalue weighted by Crippen LogP contribution is 2.14. The molecule has 0 saturated heterocycles. The van der Waals surface area contributed by atoms with Crippen molar-refractivity contribution >= 4 is 6.09 Å². The van der Waals surface area contributed by atoms with E-state index in [1.807, 2.05) is 13.8 Å². The average molecular weight is 258 g/mol. The number of nitrogens with one attached hydrogen (secondary N) is 1. The van der Waals surface area contributed by atoms with Crippen LogP contribution in [0.25, 0.3) is 0 Å². The molecule has 0 aliphatic carbocycles. The zero-order valence-electron chi connectivity index (χ0n) is 10.6. The Morgan fingerprint density at radius 1 is 1.35 bits per heavy atom. The smallest absolute Gasteiger partial charge is 0.422 e. The zero-order chi connectivity index (χ0) is 14.1. The van der Waals surface area contributed by atoms with E-state index in [2.05, 4.69) is 10.1 Å². The van der Waals surface area contributed by atoms with Crippen molar-refractivity contribution in [1.29, 1.82) is 0 Å². The predicted octanol–water partition coefficient (Wildman–Crippen LogP) is 2.28. The number of amides is 1. The molecule has 0 radical (unpaired) electrons. The monoisotopic (exact) mass is 258 g/mol. The van der Waals surface area contributed by atoms with E-state index in [1.54, 1.807) is 13.8 Å². The summed E-state index contributed by atoms with van der Waals surface area (Å²) in [5.74, 6) is 0.0356. The van der Waals surface area contributed by atoms with Gasteiger partial charge in [0.15, 0.2) is 6.61 Å². The lowest BCUT2D eigenvalue weighted by Gasteiger charge is -2.20. The van der Waals surface area contributed by atoms with Gasteiger partial charge in [-0.25, -0.2) is 4.79 Å². The van der Waals surface area contributed by atoms with E-state index in [1.165, 1.54) is 0 Å². The van der Waals surface area contributed by atoms with Crippen LogP contribution in [0, 0.1) is 5.92 Å². The number of nitrogens with two attached hydrogens (primary N) is 1. The molecule has 0 aliphatic heterocycles. The van der Waals surface area contributed by atoms with E-state index in [-0.39, 0.29) is 18.5 Å². The summed E-state index contributed by atoms with van der Waals surface area (Å²) in [6, 6.07) is -0.384. The van der Waals surface area contributed by atoms with Crippen LogP contribution in [0.5, 0.6) is 0 Å². The van der Waals surface area contributed by atoms with Gasteiger partial charge >= 0.3 is 12.3 Å². The van der Waals surface area contributed by atoms with E-state index < -0.39 is 18.9 Å². The molecule has 4 nitrogen and oxygen atoms in total. The van der Waals surface area contributed by atoms with Gasteiger partial charge < -0.3 is 15.8 Å². The van der Waals surface area contributed by atoms with Crippen molar-refractivity contribution in [2.75, 3.05) is 13.2 Å². The summed E-state index contributed by atoms with van der Waals surface area (Å²) in [6.07, 6.45) is -5.61. The topological polar surface area (TPSA) is 64.3 Å². The number of rotatable bonds is 4. The van der Waals surface area contributed by atoms with Crippen molar-refractivity contribution in [3.05, 3.63) is 0 Å². The maximum absolute atomic E-state index is 11.7. The lowest BCUT2D eigenvalue weighted by atomic mass is 10.1. The number of alkyl carbamates (subject to hydrolysis) is 1. The third kappa shape index (κ3) is 11.3. The summed E-state index contributed by atoms with van der Waals surface area (Å²) in [4.78, 5) is 10.9. The van der Waals surface area contributed by atoms with Crippen LogP contribution in [-0.4, -0.2) is 31.5 Å². The van der Waals surface area contributed by atoms with Crippen molar-refractivity contribution in [2.45, 2.75) is 39.9 Å². The first-order valence-corrected chi connectivity index (χ1v) is 5.46. The fourth-order valence-corrected chi connectivity index (χ4v) is 0.838. The van der Waals surface area contributed by atoms with Crippen molar-refractivity contribution in [3.8, 4) is 0 Å². The number of ether oxygens (including phenoxy) is 1. The van der Waals surface area contributed by atoms with Crippen LogP contribution < -0.4 is 11.1 Å². The molecule has 0 saturated carbocycles. The maximum Gasteiger partial charge on any atom is 0.422 e. The summed E-state index contributed by atoms with van der Waals surface area (Å²) in [5.41, 5.74) is 5.31. The molecular weight excluding hydrogens is 237 g/mol. The first-order chi connectivity index (χ1) is 7.76. The van der Waals surface area contributed by atoms with Crippen LogP contribution in [0.3, 0.4) is 0 Å².